The molecule has 0 saturated carbocycles. The van der Waals surface area contributed by atoms with E-state index in [0.29, 0.717) is 5.82 Å². The molecule has 0 unspecified atom stereocenters. The molecule has 4 nitrogen and oxygen atoms in total. The molecule has 3 N–H and O–H groups in total. The van der Waals surface area contributed by atoms with Crippen LogP contribution in [0.3, 0.4) is 0 Å². The van der Waals surface area contributed by atoms with Gasteiger partial charge < -0.3 is 15.6 Å². The minimum absolute atomic E-state index is 0.656. The van der Waals surface area contributed by atoms with E-state index >= 15 is 0 Å². The second-order valence-corrected chi connectivity index (χ2v) is 2.98. The lowest BCUT2D eigenvalue weighted by Gasteiger charge is -2.15. The van der Waals surface area contributed by atoms with Gasteiger partial charge >= 0.3 is 0 Å². The monoisotopic (exact) mass is 168 g/mol. The molecule has 0 atom stereocenters. The molecule has 0 saturated heterocycles. The first-order chi connectivity index (χ1) is 5.65. The Labute approximate surface area is 72.8 Å². The van der Waals surface area contributed by atoms with Gasteiger partial charge in [-0.15, -0.1) is 0 Å². The Hall–Kier alpha value is -1.19. The summed E-state index contributed by atoms with van der Waals surface area (Å²) in [5.41, 5.74) is 5.71. The molecular formula is C8H16N4. The second kappa shape index (κ2) is 3.47. The summed E-state index contributed by atoms with van der Waals surface area (Å²) in [6, 6.07) is 0. The van der Waals surface area contributed by atoms with Crippen molar-refractivity contribution >= 4 is 11.6 Å². The number of H-pyrrole nitrogens is 1. The molecule has 0 bridgehead atoms. The number of aromatic amines is 1. The molecule has 1 heterocycles. The molecule has 0 aliphatic heterocycles. The molecule has 12 heavy (non-hydrogen) atoms. The number of aromatic nitrogens is 2. The molecular weight excluding hydrogens is 152 g/mol. The van der Waals surface area contributed by atoms with Gasteiger partial charge in [0.05, 0.1) is 0 Å². The summed E-state index contributed by atoms with van der Waals surface area (Å²) in [6.07, 6.45) is 1.10. The van der Waals surface area contributed by atoms with Crippen molar-refractivity contribution in [3.63, 3.8) is 0 Å². The SMILES string of the molecule is CCCN(C)c1nc(C)[nH]c1N. The maximum absolute atomic E-state index is 5.71. The van der Waals surface area contributed by atoms with Crippen LogP contribution in [0, 0.1) is 6.92 Å². The molecule has 1 aromatic heterocycles. The quantitative estimate of drug-likeness (QED) is 0.711. The summed E-state index contributed by atoms with van der Waals surface area (Å²) in [4.78, 5) is 9.30. The first-order valence-corrected chi connectivity index (χ1v) is 4.18. The van der Waals surface area contributed by atoms with Gasteiger partial charge in [-0.1, -0.05) is 6.92 Å². The highest BCUT2D eigenvalue weighted by Gasteiger charge is 2.08. The molecule has 0 spiro atoms. The molecule has 1 rings (SSSR count). The number of hydrogen-bond donors (Lipinski definition) is 2. The predicted octanol–water partition coefficient (Wildman–Crippen LogP) is 1.15. The van der Waals surface area contributed by atoms with Crippen molar-refractivity contribution in [1.29, 1.82) is 0 Å². The van der Waals surface area contributed by atoms with Crippen molar-refractivity contribution < 1.29 is 0 Å². The number of anilines is 2. The van der Waals surface area contributed by atoms with Crippen molar-refractivity contribution in [1.82, 2.24) is 9.97 Å². The fourth-order valence-corrected chi connectivity index (χ4v) is 1.23. The van der Waals surface area contributed by atoms with Gasteiger partial charge in [0.15, 0.2) is 5.82 Å². The van der Waals surface area contributed by atoms with Crippen LogP contribution in [0.15, 0.2) is 0 Å². The molecule has 0 aliphatic carbocycles. The average molecular weight is 168 g/mol. The topological polar surface area (TPSA) is 57.9 Å². The number of aryl methyl sites for hydroxylation is 1. The molecule has 4 heteroatoms. The lowest BCUT2D eigenvalue weighted by molar-refractivity contribution is 0.841. The predicted molar refractivity (Wildman–Crippen MR) is 51.3 cm³/mol. The first-order valence-electron chi connectivity index (χ1n) is 4.18. The number of hydrogen-bond acceptors (Lipinski definition) is 3. The average Bonchev–Trinajstić information content (AvgIpc) is 2.30. The van der Waals surface area contributed by atoms with Crippen LogP contribution in [-0.4, -0.2) is 23.6 Å². The highest BCUT2D eigenvalue weighted by molar-refractivity contribution is 5.58. The van der Waals surface area contributed by atoms with E-state index in [1.807, 2.05) is 14.0 Å². The number of imidazole rings is 1. The van der Waals surface area contributed by atoms with Crippen LogP contribution in [0.1, 0.15) is 19.2 Å². The lowest BCUT2D eigenvalue weighted by Crippen LogP contribution is -2.19. The van der Waals surface area contributed by atoms with E-state index in [1.165, 1.54) is 0 Å². The van der Waals surface area contributed by atoms with Gasteiger partial charge in [0.2, 0.25) is 0 Å². The van der Waals surface area contributed by atoms with Gasteiger partial charge in [-0.3, -0.25) is 0 Å². The highest BCUT2D eigenvalue weighted by Crippen LogP contribution is 2.17. The van der Waals surface area contributed by atoms with Crippen LogP contribution in [0.25, 0.3) is 0 Å². The van der Waals surface area contributed by atoms with Crippen molar-refractivity contribution in [3.8, 4) is 0 Å². The fraction of sp³-hybridized carbons (Fsp3) is 0.625. The molecule has 0 amide bonds. The Morgan fingerprint density at radius 1 is 1.58 bits per heavy atom. The van der Waals surface area contributed by atoms with Crippen molar-refractivity contribution in [2.24, 2.45) is 0 Å². The van der Waals surface area contributed by atoms with E-state index in [0.717, 1.165) is 24.6 Å². The molecule has 0 aromatic carbocycles. The standard InChI is InChI=1S/C8H16N4/c1-4-5-12(3)8-7(9)10-6(2)11-8/h4-5,9H2,1-3H3,(H,10,11). The van der Waals surface area contributed by atoms with E-state index < -0.39 is 0 Å². The van der Waals surface area contributed by atoms with E-state index in [4.69, 9.17) is 5.73 Å². The molecule has 0 aliphatic rings. The Morgan fingerprint density at radius 2 is 2.25 bits per heavy atom. The van der Waals surface area contributed by atoms with Crippen LogP contribution < -0.4 is 10.6 Å². The Morgan fingerprint density at radius 3 is 2.67 bits per heavy atom. The number of nitrogens with two attached hydrogens (primary N) is 1. The van der Waals surface area contributed by atoms with E-state index in [9.17, 15) is 0 Å². The third kappa shape index (κ3) is 1.69. The normalized spacial score (nSPS) is 10.2. The van der Waals surface area contributed by atoms with Crippen LogP contribution >= 0.6 is 0 Å². The fourth-order valence-electron chi connectivity index (χ4n) is 1.23. The van der Waals surface area contributed by atoms with Gasteiger partial charge in [0.1, 0.15) is 11.6 Å². The van der Waals surface area contributed by atoms with Gasteiger partial charge in [0, 0.05) is 13.6 Å². The third-order valence-corrected chi connectivity index (χ3v) is 1.75. The highest BCUT2D eigenvalue weighted by atomic mass is 15.2. The van der Waals surface area contributed by atoms with Crippen LogP contribution in [-0.2, 0) is 0 Å². The summed E-state index contributed by atoms with van der Waals surface area (Å²) >= 11 is 0. The van der Waals surface area contributed by atoms with Crippen LogP contribution in [0.4, 0.5) is 11.6 Å². The third-order valence-electron chi connectivity index (χ3n) is 1.75. The summed E-state index contributed by atoms with van der Waals surface area (Å²) in [5.74, 6) is 2.38. The number of nitrogen functional groups attached to an aromatic ring is 1. The maximum Gasteiger partial charge on any atom is 0.171 e. The summed E-state index contributed by atoms with van der Waals surface area (Å²) in [6.45, 7) is 5.01. The summed E-state index contributed by atoms with van der Waals surface area (Å²) < 4.78 is 0. The Balaban J connectivity index is 2.79. The lowest BCUT2D eigenvalue weighted by atomic mass is 10.4. The van der Waals surface area contributed by atoms with E-state index in [-0.39, 0.29) is 0 Å². The van der Waals surface area contributed by atoms with Gasteiger partial charge in [0.25, 0.3) is 0 Å². The molecule has 0 radical (unpaired) electrons. The Bertz CT molecular complexity index is 254. The summed E-state index contributed by atoms with van der Waals surface area (Å²) in [7, 11) is 2.00. The minimum atomic E-state index is 0.656. The number of nitrogens with zero attached hydrogens (tertiary/aromatic N) is 2. The van der Waals surface area contributed by atoms with Gasteiger partial charge in [-0.2, -0.15) is 0 Å². The van der Waals surface area contributed by atoms with Crippen molar-refractivity contribution in [2.75, 3.05) is 24.2 Å². The van der Waals surface area contributed by atoms with Crippen molar-refractivity contribution in [3.05, 3.63) is 5.82 Å². The van der Waals surface area contributed by atoms with Crippen LogP contribution in [0.5, 0.6) is 0 Å². The second-order valence-electron chi connectivity index (χ2n) is 2.98. The van der Waals surface area contributed by atoms with Crippen molar-refractivity contribution in [2.45, 2.75) is 20.3 Å². The smallest absolute Gasteiger partial charge is 0.171 e. The number of nitrogens with one attached hydrogen (secondary N) is 1. The number of rotatable bonds is 3. The maximum atomic E-state index is 5.71. The molecule has 0 fully saturated rings. The zero-order valence-electron chi connectivity index (χ0n) is 7.89. The van der Waals surface area contributed by atoms with Crippen LogP contribution in [0.2, 0.25) is 0 Å². The zero-order valence-corrected chi connectivity index (χ0v) is 7.89. The van der Waals surface area contributed by atoms with Gasteiger partial charge in [-0.05, 0) is 13.3 Å². The summed E-state index contributed by atoms with van der Waals surface area (Å²) in [5, 5.41) is 0. The first kappa shape index (κ1) is 8.90. The molecule has 68 valence electrons. The Kier molecular flexibility index (Phi) is 2.58. The zero-order chi connectivity index (χ0) is 9.14. The minimum Gasteiger partial charge on any atom is -0.382 e. The van der Waals surface area contributed by atoms with Gasteiger partial charge in [-0.25, -0.2) is 4.98 Å². The largest absolute Gasteiger partial charge is 0.382 e. The van der Waals surface area contributed by atoms with E-state index in [2.05, 4.69) is 21.8 Å². The molecule has 1 aromatic rings. The van der Waals surface area contributed by atoms with E-state index in [1.54, 1.807) is 0 Å².